The predicted octanol–water partition coefficient (Wildman–Crippen LogP) is 15.7. The number of para-hydroxylation sites is 1. The van der Waals surface area contributed by atoms with Gasteiger partial charge in [0.2, 0.25) is 0 Å². The molecule has 0 unspecified atom stereocenters. The average molecular weight is 864 g/mol. The first-order chi connectivity index (χ1) is 32.5. The Kier molecular flexibility index (Phi) is 7.83. The summed E-state index contributed by atoms with van der Waals surface area (Å²) in [5.74, 6) is 0. The molecule has 12 aromatic rings. The van der Waals surface area contributed by atoms with Crippen LogP contribution in [0.25, 0.3) is 104 Å². The Hall–Kier alpha value is -7.50. The average Bonchev–Trinajstić information content (AvgIpc) is 4.00. The Bertz CT molecular complexity index is 4120. The molecule has 5 heteroatoms. The SMILES string of the molecule is Cc1ccc(Nc2cc3oc4cc5c(cc4c3cc2-c2cc(-c3ccc4c(c3)oc3ccccc34)c3c4ccc6ccccc6c4n4c3c2[B]c2cc(C)ccc2-4)C(C)(C)CCC5(C)C)cc1. The molecule has 0 atom stereocenters. The Morgan fingerprint density at radius 3 is 2.01 bits per heavy atom. The molecular formula is C62H48BN2O2. The lowest BCUT2D eigenvalue weighted by Crippen LogP contribution is -2.37. The predicted molar refractivity (Wildman–Crippen MR) is 283 cm³/mol. The van der Waals surface area contributed by atoms with Gasteiger partial charge in [-0.3, -0.25) is 0 Å². The van der Waals surface area contributed by atoms with Crippen LogP contribution in [0.15, 0.2) is 160 Å². The molecule has 67 heavy (non-hydrogen) atoms. The summed E-state index contributed by atoms with van der Waals surface area (Å²) < 4.78 is 16.1. The number of aryl methyl sites for hydroxylation is 2. The van der Waals surface area contributed by atoms with Gasteiger partial charge in [0.05, 0.1) is 11.2 Å². The number of hydrogen-bond donors (Lipinski definition) is 1. The number of aromatic nitrogens is 1. The highest BCUT2D eigenvalue weighted by Crippen LogP contribution is 2.50. The largest absolute Gasteiger partial charge is 0.456 e. The third-order valence-corrected chi connectivity index (χ3v) is 15.6. The van der Waals surface area contributed by atoms with Gasteiger partial charge in [-0.25, -0.2) is 0 Å². The van der Waals surface area contributed by atoms with Crippen LogP contribution in [-0.2, 0) is 10.8 Å². The zero-order valence-electron chi connectivity index (χ0n) is 38.7. The third kappa shape index (κ3) is 5.61. The summed E-state index contributed by atoms with van der Waals surface area (Å²) in [5.41, 5.74) is 21.6. The monoisotopic (exact) mass is 863 g/mol. The summed E-state index contributed by atoms with van der Waals surface area (Å²) >= 11 is 0. The van der Waals surface area contributed by atoms with Gasteiger partial charge in [0.1, 0.15) is 22.3 Å². The molecule has 9 aromatic carbocycles. The first-order valence-electron chi connectivity index (χ1n) is 23.8. The van der Waals surface area contributed by atoms with Gasteiger partial charge in [0, 0.05) is 66.2 Å². The summed E-state index contributed by atoms with van der Waals surface area (Å²) in [4.78, 5) is 0. The maximum Gasteiger partial charge on any atom is 0.197 e. The molecule has 1 radical (unpaired) electrons. The van der Waals surface area contributed by atoms with Crippen LogP contribution in [0.5, 0.6) is 0 Å². The van der Waals surface area contributed by atoms with E-state index in [1.165, 1.54) is 76.8 Å². The lowest BCUT2D eigenvalue weighted by molar-refractivity contribution is 0.332. The summed E-state index contributed by atoms with van der Waals surface area (Å²) in [6, 6.07) is 56.2. The van der Waals surface area contributed by atoms with Gasteiger partial charge in [0.15, 0.2) is 7.28 Å². The Morgan fingerprint density at radius 1 is 0.507 bits per heavy atom. The van der Waals surface area contributed by atoms with Crippen molar-refractivity contribution >= 4 is 106 Å². The van der Waals surface area contributed by atoms with Crippen LogP contribution in [-0.4, -0.2) is 11.8 Å². The highest BCUT2D eigenvalue weighted by Gasteiger charge is 2.38. The molecule has 14 rings (SSSR count). The number of hydrogen-bond acceptors (Lipinski definition) is 3. The normalized spacial score (nSPS) is 15.0. The van der Waals surface area contributed by atoms with Crippen LogP contribution >= 0.6 is 0 Å². The van der Waals surface area contributed by atoms with Crippen LogP contribution < -0.4 is 16.2 Å². The summed E-state index contributed by atoms with van der Waals surface area (Å²) in [6.07, 6.45) is 2.30. The van der Waals surface area contributed by atoms with E-state index in [0.717, 1.165) is 85.0 Å². The van der Waals surface area contributed by atoms with Crippen LogP contribution in [0.3, 0.4) is 0 Å². The molecular weight excluding hydrogens is 816 g/mol. The standard InChI is InChI=1S/C62H48BN2O2/c1-34-15-20-38(21-16-34)64-51-33-56-45(46-31-48-49(32-55(46)67-56)62(5,6)26-25-61(48,3)4)30-44(51)47-29-43(37-19-22-41-40-13-9-10-14-53(40)66-54(41)28-37)57-42-23-18-36-11-7-8-12-39(36)59(42)65-52-24-17-35(2)27-50(52)63-58(47)60(57)65/h7-24,27-33,64H,25-26H2,1-6H3. The molecule has 321 valence electrons. The highest BCUT2D eigenvalue weighted by atomic mass is 16.3. The maximum absolute atomic E-state index is 6.96. The molecule has 0 saturated carbocycles. The van der Waals surface area contributed by atoms with E-state index in [1.807, 2.05) is 6.07 Å². The molecule has 4 nitrogen and oxygen atoms in total. The van der Waals surface area contributed by atoms with Gasteiger partial charge < -0.3 is 18.7 Å². The van der Waals surface area contributed by atoms with Crippen molar-refractivity contribution in [2.75, 3.05) is 5.32 Å². The fourth-order valence-electron chi connectivity index (χ4n) is 11.9. The van der Waals surface area contributed by atoms with E-state index < -0.39 is 0 Å². The lowest BCUT2D eigenvalue weighted by atomic mass is 9.58. The second-order valence-corrected chi connectivity index (χ2v) is 20.8. The molecule has 3 aromatic heterocycles. The molecule has 4 heterocycles. The minimum atomic E-state index is 0.0571. The van der Waals surface area contributed by atoms with Crippen molar-refractivity contribution in [1.29, 1.82) is 0 Å². The van der Waals surface area contributed by atoms with E-state index in [2.05, 4.69) is 204 Å². The van der Waals surface area contributed by atoms with Crippen molar-refractivity contribution in [2.45, 2.75) is 65.2 Å². The van der Waals surface area contributed by atoms with Gasteiger partial charge >= 0.3 is 0 Å². The molecule has 0 amide bonds. The Labute approximate surface area is 390 Å². The molecule has 0 spiro atoms. The maximum atomic E-state index is 6.96. The fourth-order valence-corrected chi connectivity index (χ4v) is 11.9. The molecule has 2 aliphatic rings. The van der Waals surface area contributed by atoms with Crippen molar-refractivity contribution in [1.82, 2.24) is 4.57 Å². The van der Waals surface area contributed by atoms with Crippen molar-refractivity contribution in [3.05, 3.63) is 174 Å². The Balaban J connectivity index is 1.14. The first kappa shape index (κ1) is 38.7. The van der Waals surface area contributed by atoms with Crippen LogP contribution in [0.1, 0.15) is 62.8 Å². The molecule has 1 aliphatic carbocycles. The number of furan rings is 2. The van der Waals surface area contributed by atoms with E-state index in [0.29, 0.717) is 0 Å². The molecule has 0 saturated heterocycles. The van der Waals surface area contributed by atoms with Crippen molar-refractivity contribution < 1.29 is 8.83 Å². The van der Waals surface area contributed by atoms with Crippen molar-refractivity contribution in [3.63, 3.8) is 0 Å². The first-order valence-corrected chi connectivity index (χ1v) is 23.8. The molecule has 0 bridgehead atoms. The minimum Gasteiger partial charge on any atom is -0.456 e. The topological polar surface area (TPSA) is 43.2 Å². The second-order valence-electron chi connectivity index (χ2n) is 20.8. The van der Waals surface area contributed by atoms with Gasteiger partial charge in [0.25, 0.3) is 0 Å². The fraction of sp³-hybridized carbons (Fsp3) is 0.161. The van der Waals surface area contributed by atoms with Gasteiger partial charge in [-0.1, -0.05) is 129 Å². The summed E-state index contributed by atoms with van der Waals surface area (Å²) in [5, 5.41) is 13.4. The smallest absolute Gasteiger partial charge is 0.197 e. The number of nitrogens with zero attached hydrogens (tertiary/aromatic N) is 1. The van der Waals surface area contributed by atoms with Crippen molar-refractivity contribution in [3.8, 4) is 27.9 Å². The van der Waals surface area contributed by atoms with E-state index in [9.17, 15) is 0 Å². The Morgan fingerprint density at radius 2 is 1.18 bits per heavy atom. The van der Waals surface area contributed by atoms with E-state index in [-0.39, 0.29) is 10.8 Å². The van der Waals surface area contributed by atoms with E-state index in [1.54, 1.807) is 0 Å². The van der Waals surface area contributed by atoms with Gasteiger partial charge in [-0.2, -0.15) is 0 Å². The summed E-state index contributed by atoms with van der Waals surface area (Å²) in [7, 11) is 2.45. The van der Waals surface area contributed by atoms with E-state index in [4.69, 9.17) is 8.83 Å². The zero-order valence-corrected chi connectivity index (χ0v) is 38.7. The number of fused-ring (bicyclic) bond motifs is 14. The number of anilines is 2. The second kappa shape index (κ2) is 13.5. The van der Waals surface area contributed by atoms with Gasteiger partial charge in [-0.05, 0) is 137 Å². The highest BCUT2D eigenvalue weighted by molar-refractivity contribution is 6.73. The lowest BCUT2D eigenvalue weighted by Gasteiger charge is -2.41. The van der Waals surface area contributed by atoms with Crippen molar-refractivity contribution in [2.24, 2.45) is 0 Å². The zero-order chi connectivity index (χ0) is 45.1. The quantitative estimate of drug-likeness (QED) is 0.179. The minimum absolute atomic E-state index is 0.0571. The van der Waals surface area contributed by atoms with E-state index >= 15 is 0 Å². The third-order valence-electron chi connectivity index (χ3n) is 15.6. The van der Waals surface area contributed by atoms with Crippen LogP contribution in [0, 0.1) is 13.8 Å². The molecule has 0 fully saturated rings. The number of benzene rings is 9. The molecule has 1 aliphatic heterocycles. The molecule has 1 N–H and O–H groups in total. The van der Waals surface area contributed by atoms with Crippen LogP contribution in [0.2, 0.25) is 0 Å². The van der Waals surface area contributed by atoms with Crippen LogP contribution in [0.4, 0.5) is 11.4 Å². The van der Waals surface area contributed by atoms with Gasteiger partial charge in [-0.15, -0.1) is 0 Å². The number of nitrogens with one attached hydrogen (secondary N) is 1. The number of rotatable bonds is 4. The summed E-state index contributed by atoms with van der Waals surface area (Å²) in [6.45, 7) is 13.9.